The van der Waals surface area contributed by atoms with E-state index in [4.69, 9.17) is 0 Å². The lowest BCUT2D eigenvalue weighted by Crippen LogP contribution is -2.04. The summed E-state index contributed by atoms with van der Waals surface area (Å²) >= 11 is 2.86. The summed E-state index contributed by atoms with van der Waals surface area (Å²) < 4.78 is 16.2. The quantitative estimate of drug-likeness (QED) is 0.655. The molecule has 23 heavy (non-hydrogen) atoms. The summed E-state index contributed by atoms with van der Waals surface area (Å²) in [7, 11) is 0. The SMILES string of the molecule is CCCn1nnnc1CSc1nnc(Nc2ccccc2F)s1. The highest BCUT2D eigenvalue weighted by molar-refractivity contribution is 8.00. The Morgan fingerprint density at radius 2 is 2.13 bits per heavy atom. The molecule has 0 radical (unpaired) electrons. The van der Waals surface area contributed by atoms with E-state index in [-0.39, 0.29) is 5.82 Å². The molecule has 1 N–H and O–H groups in total. The van der Waals surface area contributed by atoms with E-state index in [1.165, 1.54) is 29.2 Å². The van der Waals surface area contributed by atoms with Gasteiger partial charge in [0, 0.05) is 6.54 Å². The van der Waals surface area contributed by atoms with Crippen molar-refractivity contribution in [3.8, 4) is 0 Å². The van der Waals surface area contributed by atoms with E-state index < -0.39 is 0 Å². The van der Waals surface area contributed by atoms with E-state index >= 15 is 0 Å². The molecule has 0 spiro atoms. The molecule has 3 rings (SSSR count). The fourth-order valence-corrected chi connectivity index (χ4v) is 3.53. The number of anilines is 2. The third-order valence-electron chi connectivity index (χ3n) is 2.89. The van der Waals surface area contributed by atoms with Crippen molar-refractivity contribution in [3.05, 3.63) is 35.9 Å². The van der Waals surface area contributed by atoms with E-state index in [1.54, 1.807) is 22.9 Å². The number of benzene rings is 1. The van der Waals surface area contributed by atoms with Crippen LogP contribution in [0.15, 0.2) is 28.6 Å². The van der Waals surface area contributed by atoms with Crippen molar-refractivity contribution in [2.24, 2.45) is 0 Å². The van der Waals surface area contributed by atoms with Crippen molar-refractivity contribution in [2.45, 2.75) is 30.0 Å². The summed E-state index contributed by atoms with van der Waals surface area (Å²) in [6.45, 7) is 2.86. The third kappa shape index (κ3) is 4.02. The van der Waals surface area contributed by atoms with Gasteiger partial charge in [0.2, 0.25) is 5.13 Å². The van der Waals surface area contributed by atoms with Gasteiger partial charge in [0.1, 0.15) is 5.82 Å². The number of thioether (sulfide) groups is 1. The second-order valence-corrected chi connectivity index (χ2v) is 6.78. The van der Waals surface area contributed by atoms with Crippen LogP contribution in [0.3, 0.4) is 0 Å². The van der Waals surface area contributed by atoms with E-state index in [0.29, 0.717) is 16.6 Å². The molecular formula is C13H14FN7S2. The Labute approximate surface area is 140 Å². The molecule has 0 aliphatic rings. The molecule has 0 unspecified atom stereocenters. The molecule has 10 heteroatoms. The van der Waals surface area contributed by atoms with Crippen molar-refractivity contribution >= 4 is 33.9 Å². The van der Waals surface area contributed by atoms with Crippen LogP contribution in [0.1, 0.15) is 19.2 Å². The largest absolute Gasteiger partial charge is 0.328 e. The van der Waals surface area contributed by atoms with E-state index in [2.05, 4.69) is 38.0 Å². The van der Waals surface area contributed by atoms with Crippen LogP contribution in [0.2, 0.25) is 0 Å². The molecule has 0 fully saturated rings. The van der Waals surface area contributed by atoms with Crippen molar-refractivity contribution in [1.82, 2.24) is 30.4 Å². The number of nitrogens with zero attached hydrogens (tertiary/aromatic N) is 6. The zero-order chi connectivity index (χ0) is 16.1. The van der Waals surface area contributed by atoms with Gasteiger partial charge >= 0.3 is 0 Å². The van der Waals surface area contributed by atoms with Crippen LogP contribution in [0.5, 0.6) is 0 Å². The molecule has 7 nitrogen and oxygen atoms in total. The van der Waals surface area contributed by atoms with Crippen molar-refractivity contribution in [2.75, 3.05) is 5.32 Å². The summed E-state index contributed by atoms with van der Waals surface area (Å²) in [6, 6.07) is 6.45. The van der Waals surface area contributed by atoms with Gasteiger partial charge in [0.05, 0.1) is 11.4 Å². The number of halogens is 1. The van der Waals surface area contributed by atoms with Crippen LogP contribution < -0.4 is 5.32 Å². The predicted octanol–water partition coefficient (Wildman–Crippen LogP) is 3.11. The van der Waals surface area contributed by atoms with E-state index in [0.717, 1.165) is 23.1 Å². The Morgan fingerprint density at radius 1 is 1.26 bits per heavy atom. The van der Waals surface area contributed by atoms with Crippen molar-refractivity contribution in [3.63, 3.8) is 0 Å². The highest BCUT2D eigenvalue weighted by Gasteiger charge is 2.10. The molecule has 0 bridgehead atoms. The van der Waals surface area contributed by atoms with E-state index in [9.17, 15) is 4.39 Å². The molecule has 2 heterocycles. The van der Waals surface area contributed by atoms with Gasteiger partial charge < -0.3 is 5.32 Å². The lowest BCUT2D eigenvalue weighted by molar-refractivity contribution is 0.564. The molecule has 0 saturated carbocycles. The maximum Gasteiger partial charge on any atom is 0.210 e. The molecule has 1 aromatic carbocycles. The van der Waals surface area contributed by atoms with Crippen LogP contribution in [0.25, 0.3) is 0 Å². The molecule has 0 amide bonds. The number of nitrogens with one attached hydrogen (secondary N) is 1. The highest BCUT2D eigenvalue weighted by atomic mass is 32.2. The molecule has 3 aromatic rings. The monoisotopic (exact) mass is 351 g/mol. The number of aromatic nitrogens is 6. The number of aryl methyl sites for hydroxylation is 1. The van der Waals surface area contributed by atoms with Crippen LogP contribution in [0, 0.1) is 5.82 Å². The summed E-state index contributed by atoms with van der Waals surface area (Å²) in [5.41, 5.74) is 0.382. The summed E-state index contributed by atoms with van der Waals surface area (Å²) in [4.78, 5) is 0. The number of hydrogen-bond donors (Lipinski definition) is 1. The Kier molecular flexibility index (Phi) is 5.13. The topological polar surface area (TPSA) is 81.4 Å². The molecule has 0 saturated heterocycles. The zero-order valence-electron chi connectivity index (χ0n) is 12.3. The molecular weight excluding hydrogens is 337 g/mol. The first kappa shape index (κ1) is 15.8. The van der Waals surface area contributed by atoms with Gasteiger partial charge in [-0.1, -0.05) is 42.2 Å². The lowest BCUT2D eigenvalue weighted by Gasteiger charge is -2.02. The average Bonchev–Trinajstić information content (AvgIpc) is 3.17. The van der Waals surface area contributed by atoms with Gasteiger partial charge in [-0.15, -0.1) is 15.3 Å². The number of rotatable bonds is 7. The smallest absolute Gasteiger partial charge is 0.210 e. The van der Waals surface area contributed by atoms with Gasteiger partial charge in [0.15, 0.2) is 10.2 Å². The predicted molar refractivity (Wildman–Crippen MR) is 87.3 cm³/mol. The van der Waals surface area contributed by atoms with Crippen LogP contribution >= 0.6 is 23.1 Å². The minimum Gasteiger partial charge on any atom is -0.328 e. The first-order chi connectivity index (χ1) is 11.3. The molecule has 0 aliphatic heterocycles. The summed E-state index contributed by atoms with van der Waals surface area (Å²) in [5, 5.41) is 23.2. The molecule has 2 aromatic heterocycles. The van der Waals surface area contributed by atoms with Gasteiger partial charge in [-0.05, 0) is 29.0 Å². The lowest BCUT2D eigenvalue weighted by atomic mass is 10.3. The Morgan fingerprint density at radius 3 is 2.96 bits per heavy atom. The number of tetrazole rings is 1. The minimum atomic E-state index is -0.323. The van der Waals surface area contributed by atoms with Crippen LogP contribution in [0.4, 0.5) is 15.2 Å². The maximum absolute atomic E-state index is 13.6. The zero-order valence-corrected chi connectivity index (χ0v) is 13.9. The van der Waals surface area contributed by atoms with Gasteiger partial charge in [-0.25, -0.2) is 9.07 Å². The fourth-order valence-electron chi connectivity index (χ4n) is 1.83. The van der Waals surface area contributed by atoms with Gasteiger partial charge in [-0.2, -0.15) is 0 Å². The number of para-hydroxylation sites is 1. The highest BCUT2D eigenvalue weighted by Crippen LogP contribution is 2.29. The summed E-state index contributed by atoms with van der Waals surface area (Å²) in [6.07, 6.45) is 0.970. The standard InChI is InChI=1S/C13H14FN7S2/c1-2-7-21-11(16-19-20-21)8-22-13-18-17-12(23-13)15-10-6-4-3-5-9(10)14/h3-6H,2,7-8H2,1H3,(H,15,17). The average molecular weight is 351 g/mol. The number of hydrogen-bond acceptors (Lipinski definition) is 8. The van der Waals surface area contributed by atoms with Crippen molar-refractivity contribution < 1.29 is 4.39 Å². The molecule has 0 atom stereocenters. The normalized spacial score (nSPS) is 10.9. The fraction of sp³-hybridized carbons (Fsp3) is 0.308. The second kappa shape index (κ2) is 7.47. The minimum absolute atomic E-state index is 0.323. The third-order valence-corrected chi connectivity index (χ3v) is 4.86. The Hall–Kier alpha value is -2.07. The Balaban J connectivity index is 1.61. The van der Waals surface area contributed by atoms with Crippen LogP contribution in [-0.2, 0) is 12.3 Å². The van der Waals surface area contributed by atoms with Gasteiger partial charge in [-0.3, -0.25) is 0 Å². The molecule has 0 aliphatic carbocycles. The first-order valence-electron chi connectivity index (χ1n) is 6.99. The first-order valence-corrected chi connectivity index (χ1v) is 8.79. The molecule has 120 valence electrons. The summed E-state index contributed by atoms with van der Waals surface area (Å²) in [5.74, 6) is 1.09. The van der Waals surface area contributed by atoms with Crippen LogP contribution in [-0.4, -0.2) is 30.4 Å². The Bertz CT molecular complexity index is 773. The maximum atomic E-state index is 13.6. The van der Waals surface area contributed by atoms with Crippen molar-refractivity contribution in [1.29, 1.82) is 0 Å². The van der Waals surface area contributed by atoms with Gasteiger partial charge in [0.25, 0.3) is 0 Å². The second-order valence-electron chi connectivity index (χ2n) is 4.58. The van der Waals surface area contributed by atoms with E-state index in [1.807, 2.05) is 0 Å².